The number of fused-ring (bicyclic) bond motifs is 1. The molecule has 0 bridgehead atoms. The monoisotopic (exact) mass is 550 g/mol. The second-order valence-corrected chi connectivity index (χ2v) is 9.14. The van der Waals surface area contributed by atoms with Gasteiger partial charge in [-0.15, -0.1) is 0 Å². The summed E-state index contributed by atoms with van der Waals surface area (Å²) in [5.41, 5.74) is 6.41. The zero-order chi connectivity index (χ0) is 25.9. The number of alkyl halides is 3. The first-order valence-electron chi connectivity index (χ1n) is 10.3. The first kappa shape index (κ1) is 26.9. The number of benzene rings is 2. The van der Waals surface area contributed by atoms with E-state index >= 15 is 0 Å². The van der Waals surface area contributed by atoms with E-state index in [-0.39, 0.29) is 22.3 Å². The highest BCUT2D eigenvalue weighted by Crippen LogP contribution is 2.40. The summed E-state index contributed by atoms with van der Waals surface area (Å²) in [7, 11) is 0. The van der Waals surface area contributed by atoms with E-state index in [2.05, 4.69) is 10.6 Å². The molecule has 2 aromatic carbocycles. The summed E-state index contributed by atoms with van der Waals surface area (Å²) in [5.74, 6) is -3.85. The average molecular weight is 552 g/mol. The topological polar surface area (TPSA) is 105 Å². The Balaban J connectivity index is 1.93. The minimum atomic E-state index is -4.53. The van der Waals surface area contributed by atoms with E-state index < -0.39 is 55.1 Å². The number of para-hydroxylation sites is 1. The smallest absolute Gasteiger partial charge is 0.370 e. The number of amides is 3. The molecule has 0 radical (unpaired) electrons. The Morgan fingerprint density at radius 3 is 2.49 bits per heavy atom. The van der Waals surface area contributed by atoms with Crippen molar-refractivity contribution >= 4 is 69.6 Å². The number of carbonyl (C=O) groups is 3. The molecule has 3 rings (SSSR count). The number of hydrogen-bond donors (Lipinski definition) is 3. The van der Waals surface area contributed by atoms with Crippen molar-refractivity contribution in [3.05, 3.63) is 51.5 Å². The van der Waals surface area contributed by atoms with Crippen molar-refractivity contribution in [3.8, 4) is 0 Å². The predicted octanol–water partition coefficient (Wildman–Crippen LogP) is 5.06. The van der Waals surface area contributed by atoms with Gasteiger partial charge in [0.2, 0.25) is 17.7 Å². The lowest BCUT2D eigenvalue weighted by atomic mass is 9.97. The largest absolute Gasteiger partial charge is 0.389 e. The highest BCUT2D eigenvalue weighted by atomic mass is 35.5. The van der Waals surface area contributed by atoms with Gasteiger partial charge in [0.15, 0.2) is 0 Å². The Labute approximate surface area is 213 Å². The fourth-order valence-electron chi connectivity index (χ4n) is 3.64. The molecule has 7 nitrogen and oxygen atoms in total. The lowest BCUT2D eigenvalue weighted by Crippen LogP contribution is -2.50. The van der Waals surface area contributed by atoms with Gasteiger partial charge in [-0.1, -0.05) is 40.9 Å². The number of primary amides is 1. The highest BCUT2D eigenvalue weighted by molar-refractivity contribution is 6.42. The second kappa shape index (κ2) is 10.9. The van der Waals surface area contributed by atoms with Crippen LogP contribution in [0.15, 0.2) is 36.4 Å². The summed E-state index contributed by atoms with van der Waals surface area (Å²) in [4.78, 5) is 38.9. The Bertz CT molecular complexity index is 1150. The molecule has 3 amide bonds. The van der Waals surface area contributed by atoms with Crippen molar-refractivity contribution in [3.63, 3.8) is 0 Å². The van der Waals surface area contributed by atoms with Crippen LogP contribution in [0.2, 0.25) is 15.1 Å². The number of nitrogens with one attached hydrogen (secondary N) is 2. The molecule has 0 aromatic heterocycles. The van der Waals surface area contributed by atoms with E-state index in [1.165, 1.54) is 0 Å². The predicted molar refractivity (Wildman–Crippen MR) is 128 cm³/mol. The van der Waals surface area contributed by atoms with Gasteiger partial charge in [0.25, 0.3) is 0 Å². The Kier molecular flexibility index (Phi) is 8.40. The molecule has 2 unspecified atom stereocenters. The Hall–Kier alpha value is -2.69. The van der Waals surface area contributed by atoms with Crippen LogP contribution in [-0.4, -0.2) is 36.5 Å². The van der Waals surface area contributed by atoms with Crippen molar-refractivity contribution in [2.45, 2.75) is 31.5 Å². The normalized spacial score (nSPS) is 16.7. The minimum Gasteiger partial charge on any atom is -0.370 e. The van der Waals surface area contributed by atoms with Gasteiger partial charge in [0.1, 0.15) is 6.04 Å². The quantitative estimate of drug-likeness (QED) is 0.448. The third-order valence-corrected chi connectivity index (χ3v) is 6.39. The third kappa shape index (κ3) is 6.93. The summed E-state index contributed by atoms with van der Waals surface area (Å²) in [6, 6.07) is 8.45. The molecule has 4 N–H and O–H groups in total. The van der Waals surface area contributed by atoms with Gasteiger partial charge in [-0.3, -0.25) is 14.4 Å². The maximum atomic E-state index is 13.0. The minimum absolute atomic E-state index is 0.120. The van der Waals surface area contributed by atoms with Gasteiger partial charge < -0.3 is 21.3 Å². The molecule has 0 fully saturated rings. The van der Waals surface area contributed by atoms with E-state index in [4.69, 9.17) is 40.5 Å². The Morgan fingerprint density at radius 1 is 1.14 bits per heavy atom. The molecule has 2 atom stereocenters. The third-order valence-electron chi connectivity index (χ3n) is 5.34. The SMILES string of the molecule is NC(=O)CC(CCC(F)(F)F)C(=O)NC1CN(c2ccc(Cl)c(Cl)c2)c2cccc(Cl)c2NC1=O. The zero-order valence-corrected chi connectivity index (χ0v) is 20.2. The van der Waals surface area contributed by atoms with Crippen molar-refractivity contribution in [1.82, 2.24) is 5.32 Å². The van der Waals surface area contributed by atoms with Crippen molar-refractivity contribution in [2.24, 2.45) is 11.7 Å². The van der Waals surface area contributed by atoms with Crippen LogP contribution in [0, 0.1) is 5.92 Å². The number of carbonyl (C=O) groups excluding carboxylic acids is 3. The summed E-state index contributed by atoms with van der Waals surface area (Å²) >= 11 is 18.5. The first-order chi connectivity index (χ1) is 16.4. The van der Waals surface area contributed by atoms with Crippen LogP contribution in [0.4, 0.5) is 30.2 Å². The van der Waals surface area contributed by atoms with Crippen LogP contribution in [-0.2, 0) is 14.4 Å². The van der Waals surface area contributed by atoms with E-state index in [9.17, 15) is 27.6 Å². The van der Waals surface area contributed by atoms with Gasteiger partial charge in [0, 0.05) is 24.4 Å². The van der Waals surface area contributed by atoms with Crippen LogP contribution >= 0.6 is 34.8 Å². The fourth-order valence-corrected chi connectivity index (χ4v) is 4.15. The van der Waals surface area contributed by atoms with Gasteiger partial charge in [-0.05, 0) is 36.8 Å². The summed E-state index contributed by atoms with van der Waals surface area (Å²) in [6.45, 7) is -0.120. The molecule has 35 heavy (non-hydrogen) atoms. The molecule has 0 saturated carbocycles. The van der Waals surface area contributed by atoms with E-state index in [0.717, 1.165) is 0 Å². The number of hydrogen-bond acceptors (Lipinski definition) is 4. The van der Waals surface area contributed by atoms with E-state index in [1.807, 2.05) is 0 Å². The van der Waals surface area contributed by atoms with Gasteiger partial charge in [-0.25, -0.2) is 0 Å². The van der Waals surface area contributed by atoms with Crippen LogP contribution in [0.5, 0.6) is 0 Å². The van der Waals surface area contributed by atoms with E-state index in [1.54, 1.807) is 41.3 Å². The van der Waals surface area contributed by atoms with Crippen molar-refractivity contribution in [2.75, 3.05) is 16.8 Å². The maximum Gasteiger partial charge on any atom is 0.389 e. The number of nitrogens with two attached hydrogens (primary N) is 1. The maximum absolute atomic E-state index is 13.0. The van der Waals surface area contributed by atoms with Crippen LogP contribution in [0.1, 0.15) is 19.3 Å². The molecule has 13 heteroatoms. The van der Waals surface area contributed by atoms with Crippen LogP contribution < -0.4 is 21.3 Å². The number of anilines is 3. The summed E-state index contributed by atoms with van der Waals surface area (Å²) in [5, 5.41) is 5.88. The number of nitrogens with zero attached hydrogens (tertiary/aromatic N) is 1. The summed E-state index contributed by atoms with van der Waals surface area (Å²) in [6.07, 6.45) is -7.07. The molecular weight excluding hydrogens is 532 g/mol. The van der Waals surface area contributed by atoms with Crippen LogP contribution in [0.25, 0.3) is 0 Å². The molecule has 1 aliphatic rings. The highest BCUT2D eigenvalue weighted by Gasteiger charge is 2.35. The fraction of sp³-hybridized carbons (Fsp3) is 0.318. The van der Waals surface area contributed by atoms with Crippen molar-refractivity contribution < 1.29 is 27.6 Å². The number of halogens is 6. The molecule has 188 valence electrons. The molecule has 1 heterocycles. The van der Waals surface area contributed by atoms with Gasteiger partial charge >= 0.3 is 6.18 Å². The zero-order valence-electron chi connectivity index (χ0n) is 18.0. The van der Waals surface area contributed by atoms with Gasteiger partial charge in [-0.2, -0.15) is 13.2 Å². The van der Waals surface area contributed by atoms with Crippen molar-refractivity contribution in [1.29, 1.82) is 0 Å². The van der Waals surface area contributed by atoms with Crippen LogP contribution in [0.3, 0.4) is 0 Å². The second-order valence-electron chi connectivity index (χ2n) is 7.91. The molecule has 2 aromatic rings. The number of rotatable bonds is 7. The molecule has 0 saturated heterocycles. The molecule has 1 aliphatic heterocycles. The van der Waals surface area contributed by atoms with Gasteiger partial charge in [0.05, 0.1) is 33.0 Å². The molecule has 0 spiro atoms. The molecule has 0 aliphatic carbocycles. The standard InChI is InChI=1S/C22H20Cl3F3N4O3/c23-13-5-4-12(9-15(13)25)32-10-16(21(35)31-19-14(24)2-1-3-17(19)32)30-20(34)11(8-18(29)33)6-7-22(26,27)28/h1-5,9,11,16H,6-8,10H2,(H2,29,33)(H,30,34)(H,31,35). The summed E-state index contributed by atoms with van der Waals surface area (Å²) < 4.78 is 38.2. The lowest BCUT2D eigenvalue weighted by molar-refractivity contribution is -0.143. The average Bonchev–Trinajstić information content (AvgIpc) is 2.90. The lowest BCUT2D eigenvalue weighted by Gasteiger charge is -2.28. The van der Waals surface area contributed by atoms with E-state index in [0.29, 0.717) is 16.4 Å². The first-order valence-corrected chi connectivity index (χ1v) is 11.5. The molecular formula is C22H20Cl3F3N4O3. The Morgan fingerprint density at radius 2 is 1.86 bits per heavy atom.